The zero-order chi connectivity index (χ0) is 10.5. The maximum Gasteiger partial charge on any atom is 0.147 e. The molecule has 84 valence electrons. The van der Waals surface area contributed by atoms with Gasteiger partial charge in [0.25, 0.3) is 0 Å². The smallest absolute Gasteiger partial charge is 0.147 e. The van der Waals surface area contributed by atoms with Gasteiger partial charge >= 0.3 is 0 Å². The average molecular weight is 226 g/mol. The van der Waals surface area contributed by atoms with Crippen molar-refractivity contribution in [1.29, 1.82) is 0 Å². The first-order valence-corrected chi connectivity index (χ1v) is 6.55. The minimum Gasteiger partial charge on any atom is -0.369 e. The lowest BCUT2D eigenvalue weighted by molar-refractivity contribution is 0.541. The fourth-order valence-corrected chi connectivity index (χ4v) is 2.69. The van der Waals surface area contributed by atoms with Crippen LogP contribution in [0.25, 0.3) is 0 Å². The maximum absolute atomic E-state index is 4.27. The molecule has 0 bridgehead atoms. The first-order valence-electron chi connectivity index (χ1n) is 5.39. The van der Waals surface area contributed by atoms with Crippen molar-refractivity contribution in [2.24, 2.45) is 7.05 Å². The van der Waals surface area contributed by atoms with Crippen molar-refractivity contribution in [2.75, 3.05) is 29.9 Å². The number of hydrogen-bond donors (Lipinski definition) is 2. The Morgan fingerprint density at radius 3 is 3.33 bits per heavy atom. The molecule has 0 aromatic carbocycles. The Labute approximate surface area is 94.8 Å². The highest BCUT2D eigenvalue weighted by molar-refractivity contribution is 7.99. The highest BCUT2D eigenvalue weighted by atomic mass is 32.2. The van der Waals surface area contributed by atoms with Crippen LogP contribution < -0.4 is 10.6 Å². The van der Waals surface area contributed by atoms with Crippen molar-refractivity contribution >= 4 is 17.6 Å². The summed E-state index contributed by atoms with van der Waals surface area (Å²) < 4.78 is 1.82. The Balaban J connectivity index is 1.65. The summed E-state index contributed by atoms with van der Waals surface area (Å²) >= 11 is 2.04. The van der Waals surface area contributed by atoms with Gasteiger partial charge in [-0.05, 0) is 6.42 Å². The number of aromatic nitrogens is 2. The highest BCUT2D eigenvalue weighted by Crippen LogP contribution is 2.10. The third kappa shape index (κ3) is 3.43. The van der Waals surface area contributed by atoms with Gasteiger partial charge in [-0.2, -0.15) is 16.9 Å². The van der Waals surface area contributed by atoms with Crippen LogP contribution >= 0.6 is 11.8 Å². The van der Waals surface area contributed by atoms with E-state index in [9.17, 15) is 0 Å². The van der Waals surface area contributed by atoms with Gasteiger partial charge in [-0.25, -0.2) is 0 Å². The molecule has 1 aliphatic heterocycles. The lowest BCUT2D eigenvalue weighted by atomic mass is 10.2. The van der Waals surface area contributed by atoms with Crippen molar-refractivity contribution in [2.45, 2.75) is 12.5 Å². The van der Waals surface area contributed by atoms with Crippen LogP contribution in [0.5, 0.6) is 0 Å². The van der Waals surface area contributed by atoms with E-state index in [0.717, 1.165) is 18.9 Å². The molecule has 0 radical (unpaired) electrons. The van der Waals surface area contributed by atoms with Gasteiger partial charge in [0.15, 0.2) is 0 Å². The quantitative estimate of drug-likeness (QED) is 0.801. The third-order valence-electron chi connectivity index (χ3n) is 2.51. The molecule has 1 aliphatic rings. The van der Waals surface area contributed by atoms with Crippen molar-refractivity contribution in [1.82, 2.24) is 15.1 Å². The monoisotopic (exact) mass is 226 g/mol. The number of nitrogens with one attached hydrogen (secondary N) is 2. The van der Waals surface area contributed by atoms with Crippen LogP contribution in [0.3, 0.4) is 0 Å². The first kappa shape index (κ1) is 10.8. The largest absolute Gasteiger partial charge is 0.369 e. The fourth-order valence-electron chi connectivity index (χ4n) is 1.69. The molecule has 15 heavy (non-hydrogen) atoms. The van der Waals surface area contributed by atoms with Gasteiger partial charge in [0.1, 0.15) is 5.82 Å². The molecule has 4 nitrogen and oxygen atoms in total. The summed E-state index contributed by atoms with van der Waals surface area (Å²) in [4.78, 5) is 0. The molecule has 1 saturated heterocycles. The Morgan fingerprint density at radius 2 is 2.67 bits per heavy atom. The molecule has 2 rings (SSSR count). The first-order chi connectivity index (χ1) is 7.34. The Bertz CT molecular complexity index is 293. The van der Waals surface area contributed by atoms with E-state index in [4.69, 9.17) is 0 Å². The van der Waals surface area contributed by atoms with E-state index in [1.807, 2.05) is 35.8 Å². The number of anilines is 1. The van der Waals surface area contributed by atoms with E-state index < -0.39 is 0 Å². The zero-order valence-corrected chi connectivity index (χ0v) is 9.89. The molecular formula is C10H18N4S. The maximum atomic E-state index is 4.27. The average Bonchev–Trinajstić information content (AvgIpc) is 2.66. The summed E-state index contributed by atoms with van der Waals surface area (Å²) in [6.07, 6.45) is 3.13. The van der Waals surface area contributed by atoms with Gasteiger partial charge in [-0.15, -0.1) is 0 Å². The second-order valence-electron chi connectivity index (χ2n) is 3.82. The van der Waals surface area contributed by atoms with Gasteiger partial charge in [0.05, 0.1) is 0 Å². The molecule has 2 N–H and O–H groups in total. The van der Waals surface area contributed by atoms with Crippen LogP contribution in [0.2, 0.25) is 0 Å². The van der Waals surface area contributed by atoms with Gasteiger partial charge in [-0.3, -0.25) is 4.68 Å². The molecule has 1 aromatic rings. The van der Waals surface area contributed by atoms with Crippen molar-refractivity contribution in [3.63, 3.8) is 0 Å². The van der Waals surface area contributed by atoms with Crippen LogP contribution in [-0.4, -0.2) is 40.4 Å². The van der Waals surface area contributed by atoms with Gasteiger partial charge in [0, 0.05) is 49.9 Å². The Kier molecular flexibility index (Phi) is 3.91. The predicted octanol–water partition coefficient (Wildman–Crippen LogP) is 0.927. The molecule has 0 saturated carbocycles. The SMILES string of the molecule is Cn1ccc(NCCC2CSCCN2)n1. The van der Waals surface area contributed by atoms with Crippen LogP contribution in [0.1, 0.15) is 6.42 Å². The van der Waals surface area contributed by atoms with E-state index in [-0.39, 0.29) is 0 Å². The van der Waals surface area contributed by atoms with Crippen LogP contribution in [-0.2, 0) is 7.05 Å². The Hall–Kier alpha value is -0.680. The van der Waals surface area contributed by atoms with Gasteiger partial charge in [-0.1, -0.05) is 0 Å². The van der Waals surface area contributed by atoms with Crippen molar-refractivity contribution in [3.8, 4) is 0 Å². The number of nitrogens with zero attached hydrogens (tertiary/aromatic N) is 2. The number of aryl methyl sites for hydroxylation is 1. The second-order valence-corrected chi connectivity index (χ2v) is 4.97. The van der Waals surface area contributed by atoms with E-state index in [0.29, 0.717) is 6.04 Å². The number of hydrogen-bond acceptors (Lipinski definition) is 4. The van der Waals surface area contributed by atoms with Crippen LogP contribution in [0, 0.1) is 0 Å². The third-order valence-corrected chi connectivity index (χ3v) is 3.64. The van der Waals surface area contributed by atoms with Crippen LogP contribution in [0.15, 0.2) is 12.3 Å². The summed E-state index contributed by atoms with van der Waals surface area (Å²) in [6.45, 7) is 2.15. The summed E-state index contributed by atoms with van der Waals surface area (Å²) in [5, 5.41) is 11.1. The molecule has 5 heteroatoms. The van der Waals surface area contributed by atoms with E-state index in [2.05, 4.69) is 15.7 Å². The lowest BCUT2D eigenvalue weighted by Gasteiger charge is -2.22. The Morgan fingerprint density at radius 1 is 1.73 bits per heavy atom. The minimum atomic E-state index is 0.667. The van der Waals surface area contributed by atoms with Gasteiger partial charge < -0.3 is 10.6 Å². The van der Waals surface area contributed by atoms with E-state index in [1.54, 1.807) is 0 Å². The normalized spacial score (nSPS) is 21.5. The summed E-state index contributed by atoms with van der Waals surface area (Å²) in [7, 11) is 1.94. The lowest BCUT2D eigenvalue weighted by Crippen LogP contribution is -2.38. The zero-order valence-electron chi connectivity index (χ0n) is 9.07. The molecule has 0 aliphatic carbocycles. The molecule has 0 amide bonds. The molecule has 1 fully saturated rings. The highest BCUT2D eigenvalue weighted by Gasteiger charge is 2.11. The molecule has 1 aromatic heterocycles. The topological polar surface area (TPSA) is 41.9 Å². The summed E-state index contributed by atoms with van der Waals surface area (Å²) in [5.74, 6) is 3.47. The molecular weight excluding hydrogens is 208 g/mol. The second kappa shape index (κ2) is 5.42. The molecule has 1 unspecified atom stereocenters. The fraction of sp³-hybridized carbons (Fsp3) is 0.700. The van der Waals surface area contributed by atoms with Crippen molar-refractivity contribution < 1.29 is 0 Å². The van der Waals surface area contributed by atoms with E-state index >= 15 is 0 Å². The molecule has 0 spiro atoms. The number of thioether (sulfide) groups is 1. The number of rotatable bonds is 4. The summed E-state index contributed by atoms with van der Waals surface area (Å²) in [6, 6.07) is 2.67. The van der Waals surface area contributed by atoms with Gasteiger partial charge in [0.2, 0.25) is 0 Å². The predicted molar refractivity (Wildman–Crippen MR) is 65.4 cm³/mol. The minimum absolute atomic E-state index is 0.667. The molecule has 2 heterocycles. The van der Waals surface area contributed by atoms with Crippen LogP contribution in [0.4, 0.5) is 5.82 Å². The van der Waals surface area contributed by atoms with E-state index in [1.165, 1.54) is 17.9 Å². The summed E-state index contributed by atoms with van der Waals surface area (Å²) in [5.41, 5.74) is 0. The molecule has 1 atom stereocenters. The standard InChI is InChI=1S/C10H18N4S/c1-14-6-3-10(13-14)12-4-2-9-8-15-7-5-11-9/h3,6,9,11H,2,4-5,7-8H2,1H3,(H,12,13). The van der Waals surface area contributed by atoms with Crippen molar-refractivity contribution in [3.05, 3.63) is 12.3 Å².